The number of nitrogens with one attached hydrogen (secondary N) is 1. The Kier molecular flexibility index (Phi) is 5.73. The molecule has 0 heterocycles. The predicted octanol–water partition coefficient (Wildman–Crippen LogP) is 4.23. The SMILES string of the molecule is O=C(C=Cc1ccc([N+](=O)[O-])cc1)NCc1ccc(Cl)cc1Cl. The Hall–Kier alpha value is -2.37. The number of nitro groups is 1. The first-order valence-corrected chi connectivity index (χ1v) is 7.35. The van der Waals surface area contributed by atoms with E-state index >= 15 is 0 Å². The van der Waals surface area contributed by atoms with Gasteiger partial charge in [-0.25, -0.2) is 0 Å². The Balaban J connectivity index is 1.92. The van der Waals surface area contributed by atoms with Gasteiger partial charge >= 0.3 is 0 Å². The Labute approximate surface area is 142 Å². The average molecular weight is 351 g/mol. The van der Waals surface area contributed by atoms with Crippen LogP contribution in [0.1, 0.15) is 11.1 Å². The monoisotopic (exact) mass is 350 g/mol. The van der Waals surface area contributed by atoms with E-state index in [1.54, 1.807) is 36.4 Å². The van der Waals surface area contributed by atoms with Crippen LogP contribution in [0.5, 0.6) is 0 Å². The van der Waals surface area contributed by atoms with E-state index in [0.29, 0.717) is 15.6 Å². The van der Waals surface area contributed by atoms with Crippen LogP contribution >= 0.6 is 23.2 Å². The van der Waals surface area contributed by atoms with Crippen LogP contribution in [0.4, 0.5) is 5.69 Å². The van der Waals surface area contributed by atoms with Crippen LogP contribution in [0, 0.1) is 10.1 Å². The summed E-state index contributed by atoms with van der Waals surface area (Å²) in [5, 5.41) is 14.3. The van der Waals surface area contributed by atoms with Crippen molar-refractivity contribution < 1.29 is 9.72 Å². The van der Waals surface area contributed by atoms with E-state index < -0.39 is 4.92 Å². The molecule has 2 rings (SSSR count). The van der Waals surface area contributed by atoms with Gasteiger partial charge in [-0.2, -0.15) is 0 Å². The number of benzene rings is 2. The van der Waals surface area contributed by atoms with Crippen LogP contribution in [-0.2, 0) is 11.3 Å². The highest BCUT2D eigenvalue weighted by atomic mass is 35.5. The summed E-state index contributed by atoms with van der Waals surface area (Å²) in [5.74, 6) is -0.297. The van der Waals surface area contributed by atoms with Crippen LogP contribution in [0.2, 0.25) is 10.0 Å². The van der Waals surface area contributed by atoms with Crippen molar-refractivity contribution in [3.8, 4) is 0 Å². The van der Waals surface area contributed by atoms with Crippen molar-refractivity contribution in [1.29, 1.82) is 0 Å². The Bertz CT molecular complexity index is 758. The van der Waals surface area contributed by atoms with Crippen LogP contribution in [-0.4, -0.2) is 10.8 Å². The van der Waals surface area contributed by atoms with Gasteiger partial charge in [-0.3, -0.25) is 14.9 Å². The van der Waals surface area contributed by atoms with E-state index in [0.717, 1.165) is 5.56 Å². The minimum absolute atomic E-state index is 0.00369. The molecule has 0 saturated heterocycles. The molecule has 0 radical (unpaired) electrons. The third-order valence-corrected chi connectivity index (χ3v) is 3.59. The van der Waals surface area contributed by atoms with E-state index in [4.69, 9.17) is 23.2 Å². The van der Waals surface area contributed by atoms with Crippen molar-refractivity contribution in [3.05, 3.63) is 79.8 Å². The summed E-state index contributed by atoms with van der Waals surface area (Å²) in [6.45, 7) is 0.277. The first-order chi connectivity index (χ1) is 11.0. The topological polar surface area (TPSA) is 72.2 Å². The number of amides is 1. The Morgan fingerprint density at radius 1 is 1.17 bits per heavy atom. The van der Waals surface area contributed by atoms with Crippen molar-refractivity contribution in [2.45, 2.75) is 6.54 Å². The number of carbonyl (C=O) groups excluding carboxylic acids is 1. The van der Waals surface area contributed by atoms with Crippen molar-refractivity contribution in [2.75, 3.05) is 0 Å². The zero-order valence-electron chi connectivity index (χ0n) is 11.8. The molecule has 0 aliphatic rings. The van der Waals surface area contributed by atoms with Crippen molar-refractivity contribution in [1.82, 2.24) is 5.32 Å². The lowest BCUT2D eigenvalue weighted by molar-refractivity contribution is -0.384. The lowest BCUT2D eigenvalue weighted by Crippen LogP contribution is -2.20. The molecular formula is C16H12Cl2N2O3. The molecule has 118 valence electrons. The first kappa shape index (κ1) is 17.0. The number of nitro benzene ring substituents is 1. The van der Waals surface area contributed by atoms with Crippen molar-refractivity contribution in [2.24, 2.45) is 0 Å². The van der Waals surface area contributed by atoms with Crippen molar-refractivity contribution in [3.63, 3.8) is 0 Å². The number of hydrogen-bond donors (Lipinski definition) is 1. The van der Waals surface area contributed by atoms with E-state index in [1.807, 2.05) is 0 Å². The molecule has 0 aliphatic carbocycles. The molecule has 1 N–H and O–H groups in total. The predicted molar refractivity (Wildman–Crippen MR) is 90.4 cm³/mol. The van der Waals surface area contributed by atoms with Gasteiger partial charge in [0.2, 0.25) is 5.91 Å². The van der Waals surface area contributed by atoms with E-state index in [-0.39, 0.29) is 18.1 Å². The van der Waals surface area contributed by atoms with Gasteiger partial charge in [0, 0.05) is 34.8 Å². The smallest absolute Gasteiger partial charge is 0.269 e. The molecule has 2 aromatic rings. The minimum Gasteiger partial charge on any atom is -0.348 e. The summed E-state index contributed by atoms with van der Waals surface area (Å²) in [4.78, 5) is 21.8. The fourth-order valence-electron chi connectivity index (χ4n) is 1.79. The summed E-state index contributed by atoms with van der Waals surface area (Å²) in [7, 11) is 0. The fraction of sp³-hybridized carbons (Fsp3) is 0.0625. The molecule has 1 amide bonds. The van der Waals surface area contributed by atoms with Gasteiger partial charge in [0.1, 0.15) is 0 Å². The Morgan fingerprint density at radius 3 is 2.48 bits per heavy atom. The van der Waals surface area contributed by atoms with Crippen LogP contribution in [0.15, 0.2) is 48.5 Å². The molecule has 0 aliphatic heterocycles. The quantitative estimate of drug-likeness (QED) is 0.498. The van der Waals surface area contributed by atoms with Crippen LogP contribution in [0.25, 0.3) is 6.08 Å². The molecule has 2 aromatic carbocycles. The molecule has 0 unspecified atom stereocenters. The maximum atomic E-state index is 11.8. The third-order valence-electron chi connectivity index (χ3n) is 3.00. The van der Waals surface area contributed by atoms with E-state index in [9.17, 15) is 14.9 Å². The highest BCUT2D eigenvalue weighted by Crippen LogP contribution is 2.20. The maximum absolute atomic E-state index is 11.8. The molecule has 5 nitrogen and oxygen atoms in total. The zero-order valence-corrected chi connectivity index (χ0v) is 13.3. The highest BCUT2D eigenvalue weighted by Gasteiger charge is 2.04. The third kappa shape index (κ3) is 5.09. The fourth-order valence-corrected chi connectivity index (χ4v) is 2.26. The molecular weight excluding hydrogens is 339 g/mol. The van der Waals surface area contributed by atoms with E-state index in [1.165, 1.54) is 18.2 Å². The van der Waals surface area contributed by atoms with Gasteiger partial charge in [-0.15, -0.1) is 0 Å². The van der Waals surface area contributed by atoms with Crippen LogP contribution < -0.4 is 5.32 Å². The molecule has 0 saturated carbocycles. The van der Waals surface area contributed by atoms with Gasteiger partial charge < -0.3 is 5.32 Å². The number of hydrogen-bond acceptors (Lipinski definition) is 3. The van der Waals surface area contributed by atoms with Gasteiger partial charge in [-0.05, 0) is 41.5 Å². The lowest BCUT2D eigenvalue weighted by atomic mass is 10.2. The maximum Gasteiger partial charge on any atom is 0.269 e. The average Bonchev–Trinajstić information content (AvgIpc) is 2.52. The minimum atomic E-state index is -0.476. The summed E-state index contributed by atoms with van der Waals surface area (Å²) >= 11 is 11.8. The molecule has 0 aromatic heterocycles. The molecule has 0 bridgehead atoms. The number of halogens is 2. The molecule has 0 spiro atoms. The molecule has 0 atom stereocenters. The van der Waals surface area contributed by atoms with Gasteiger partial charge in [0.05, 0.1) is 4.92 Å². The number of non-ortho nitro benzene ring substituents is 1. The zero-order chi connectivity index (χ0) is 16.8. The second kappa shape index (κ2) is 7.76. The molecule has 0 fully saturated rings. The number of carbonyl (C=O) groups is 1. The highest BCUT2D eigenvalue weighted by molar-refractivity contribution is 6.35. The van der Waals surface area contributed by atoms with Gasteiger partial charge in [0.15, 0.2) is 0 Å². The number of nitrogens with zero attached hydrogens (tertiary/aromatic N) is 1. The first-order valence-electron chi connectivity index (χ1n) is 6.60. The summed E-state index contributed by atoms with van der Waals surface area (Å²) in [6.07, 6.45) is 2.92. The summed E-state index contributed by atoms with van der Waals surface area (Å²) in [5.41, 5.74) is 1.45. The standard InChI is InChI=1S/C16H12Cl2N2O3/c17-13-5-4-12(15(18)9-13)10-19-16(21)8-3-11-1-6-14(7-2-11)20(22)23/h1-9H,10H2,(H,19,21). The lowest BCUT2D eigenvalue weighted by Gasteiger charge is -2.05. The van der Waals surface area contributed by atoms with Gasteiger partial charge in [-0.1, -0.05) is 29.3 Å². The number of rotatable bonds is 5. The second-order valence-electron chi connectivity index (χ2n) is 4.64. The normalized spacial score (nSPS) is 10.7. The largest absolute Gasteiger partial charge is 0.348 e. The van der Waals surface area contributed by atoms with Crippen LogP contribution in [0.3, 0.4) is 0 Å². The van der Waals surface area contributed by atoms with Crippen molar-refractivity contribution >= 4 is 40.9 Å². The summed E-state index contributed by atoms with van der Waals surface area (Å²) in [6, 6.07) is 10.9. The second-order valence-corrected chi connectivity index (χ2v) is 5.48. The molecule has 23 heavy (non-hydrogen) atoms. The Morgan fingerprint density at radius 2 is 1.87 bits per heavy atom. The molecule has 7 heteroatoms. The van der Waals surface area contributed by atoms with E-state index in [2.05, 4.69) is 5.32 Å². The summed E-state index contributed by atoms with van der Waals surface area (Å²) < 4.78 is 0. The van der Waals surface area contributed by atoms with Gasteiger partial charge in [0.25, 0.3) is 5.69 Å².